The van der Waals surface area contributed by atoms with Gasteiger partial charge in [0.25, 0.3) is 0 Å². The van der Waals surface area contributed by atoms with Crippen molar-refractivity contribution in [1.29, 1.82) is 0 Å². The van der Waals surface area contributed by atoms with Crippen LogP contribution in [0.25, 0.3) is 0 Å². The van der Waals surface area contributed by atoms with Gasteiger partial charge in [0, 0.05) is 19.1 Å². The molecule has 21 heavy (non-hydrogen) atoms. The van der Waals surface area contributed by atoms with E-state index in [-0.39, 0.29) is 11.5 Å². The number of carboxylic acids is 1. The quantitative estimate of drug-likeness (QED) is 0.735. The lowest BCUT2D eigenvalue weighted by molar-refractivity contribution is -0.138. The van der Waals surface area contributed by atoms with Gasteiger partial charge in [-0.2, -0.15) is 0 Å². The molecule has 2 aliphatic heterocycles. The third kappa shape index (κ3) is 4.57. The van der Waals surface area contributed by atoms with E-state index >= 15 is 0 Å². The molecule has 0 aromatic carbocycles. The first-order valence-corrected chi connectivity index (χ1v) is 8.94. The predicted octanol–water partition coefficient (Wildman–Crippen LogP) is -0.329. The fraction of sp³-hybridized carbons (Fsp3) is 0.833. The number of hydrogen-bond acceptors (Lipinski definition) is 5. The van der Waals surface area contributed by atoms with Gasteiger partial charge >= 0.3 is 12.0 Å². The number of carbonyl (C=O) groups excluding carboxylic acids is 1. The Balaban J connectivity index is 2.01. The van der Waals surface area contributed by atoms with E-state index in [0.717, 1.165) is 37.3 Å². The van der Waals surface area contributed by atoms with E-state index in [1.807, 2.05) is 0 Å². The first-order valence-electron chi connectivity index (χ1n) is 7.12. The molecule has 8 nitrogen and oxygen atoms in total. The van der Waals surface area contributed by atoms with Crippen LogP contribution in [0.5, 0.6) is 0 Å². The summed E-state index contributed by atoms with van der Waals surface area (Å²) in [5, 5.41) is 10.7. The standard InChI is InChI=1S/C12H21N3O5S/c16-11(17)8-15(10-4-7-21(19,20)9-10)12(18)13-14-5-2-1-3-6-14/h10H,1-9H2,(H,13,18)(H,16,17). The Bertz CT molecular complexity index is 501. The van der Waals surface area contributed by atoms with Crippen LogP contribution < -0.4 is 5.43 Å². The molecule has 2 N–H and O–H groups in total. The number of carbonyl (C=O) groups is 2. The smallest absolute Gasteiger partial charge is 0.332 e. The van der Waals surface area contributed by atoms with Crippen molar-refractivity contribution >= 4 is 21.8 Å². The second-order valence-corrected chi connectivity index (χ2v) is 7.77. The summed E-state index contributed by atoms with van der Waals surface area (Å²) in [4.78, 5) is 24.3. The summed E-state index contributed by atoms with van der Waals surface area (Å²) in [5.74, 6) is -1.30. The number of rotatable bonds is 4. The molecule has 2 aliphatic rings. The third-order valence-electron chi connectivity index (χ3n) is 3.83. The third-order valence-corrected chi connectivity index (χ3v) is 5.58. The van der Waals surface area contributed by atoms with Gasteiger partial charge in [0.1, 0.15) is 6.54 Å². The molecule has 120 valence electrons. The molecule has 0 aliphatic carbocycles. The van der Waals surface area contributed by atoms with Crippen LogP contribution >= 0.6 is 0 Å². The summed E-state index contributed by atoms with van der Waals surface area (Å²) in [6, 6.07) is -1.09. The number of nitrogens with one attached hydrogen (secondary N) is 1. The van der Waals surface area contributed by atoms with Crippen LogP contribution in [-0.2, 0) is 14.6 Å². The fourth-order valence-corrected chi connectivity index (χ4v) is 4.47. The molecule has 2 fully saturated rings. The van der Waals surface area contributed by atoms with E-state index in [1.165, 1.54) is 0 Å². The summed E-state index contributed by atoms with van der Waals surface area (Å²) in [5.41, 5.74) is 2.69. The van der Waals surface area contributed by atoms with Crippen molar-refractivity contribution in [3.05, 3.63) is 0 Å². The van der Waals surface area contributed by atoms with Crippen molar-refractivity contribution in [3.63, 3.8) is 0 Å². The van der Waals surface area contributed by atoms with Crippen molar-refractivity contribution in [1.82, 2.24) is 15.3 Å². The Morgan fingerprint density at radius 2 is 1.90 bits per heavy atom. The van der Waals surface area contributed by atoms with Gasteiger partial charge in [-0.1, -0.05) is 6.42 Å². The largest absolute Gasteiger partial charge is 0.480 e. The van der Waals surface area contributed by atoms with Crippen LogP contribution in [0, 0.1) is 0 Å². The van der Waals surface area contributed by atoms with E-state index in [9.17, 15) is 18.0 Å². The lowest BCUT2D eigenvalue weighted by Crippen LogP contribution is -2.55. The minimum absolute atomic E-state index is 0.00474. The van der Waals surface area contributed by atoms with Gasteiger partial charge in [-0.25, -0.2) is 18.2 Å². The van der Waals surface area contributed by atoms with Gasteiger partial charge < -0.3 is 10.0 Å². The summed E-state index contributed by atoms with van der Waals surface area (Å²) < 4.78 is 23.1. The second kappa shape index (κ2) is 6.61. The lowest BCUT2D eigenvalue weighted by atomic mass is 10.2. The van der Waals surface area contributed by atoms with Crippen LogP contribution in [0.2, 0.25) is 0 Å². The highest BCUT2D eigenvalue weighted by Crippen LogP contribution is 2.18. The maximum atomic E-state index is 12.3. The van der Waals surface area contributed by atoms with Crippen LogP contribution in [0.4, 0.5) is 4.79 Å². The van der Waals surface area contributed by atoms with E-state index in [0.29, 0.717) is 6.42 Å². The second-order valence-electron chi connectivity index (χ2n) is 5.54. The number of urea groups is 1. The summed E-state index contributed by atoms with van der Waals surface area (Å²) in [6.07, 6.45) is 3.38. The Kier molecular flexibility index (Phi) is 5.04. The molecule has 2 saturated heterocycles. The van der Waals surface area contributed by atoms with Crippen molar-refractivity contribution in [2.24, 2.45) is 0 Å². The molecular formula is C12H21N3O5S. The van der Waals surface area contributed by atoms with Crippen LogP contribution in [0.15, 0.2) is 0 Å². The molecule has 0 aromatic heterocycles. The van der Waals surface area contributed by atoms with E-state index in [1.54, 1.807) is 5.01 Å². The maximum Gasteiger partial charge on any atom is 0.332 e. The van der Waals surface area contributed by atoms with Crippen LogP contribution in [0.3, 0.4) is 0 Å². The highest BCUT2D eigenvalue weighted by Gasteiger charge is 2.36. The monoisotopic (exact) mass is 319 g/mol. The molecular weight excluding hydrogens is 298 g/mol. The first-order chi connectivity index (χ1) is 9.87. The minimum Gasteiger partial charge on any atom is -0.480 e. The number of piperidine rings is 1. The number of aliphatic carboxylic acids is 1. The molecule has 0 spiro atoms. The average molecular weight is 319 g/mol. The van der Waals surface area contributed by atoms with Crippen molar-refractivity contribution < 1.29 is 23.1 Å². The molecule has 2 heterocycles. The lowest BCUT2D eigenvalue weighted by Gasteiger charge is -2.32. The molecule has 2 rings (SSSR count). The normalized spacial score (nSPS) is 25.4. The average Bonchev–Trinajstić information content (AvgIpc) is 2.77. The van der Waals surface area contributed by atoms with Gasteiger partial charge in [-0.15, -0.1) is 0 Å². The number of sulfone groups is 1. The Labute approximate surface area is 124 Å². The number of hydrogen-bond donors (Lipinski definition) is 2. The zero-order chi connectivity index (χ0) is 15.5. The molecule has 0 saturated carbocycles. The molecule has 9 heteroatoms. The minimum atomic E-state index is -3.17. The maximum absolute atomic E-state index is 12.3. The Hall–Kier alpha value is -1.35. The van der Waals surface area contributed by atoms with Gasteiger partial charge in [-0.3, -0.25) is 10.2 Å². The molecule has 0 aromatic rings. The van der Waals surface area contributed by atoms with Gasteiger partial charge in [0.15, 0.2) is 9.84 Å². The molecule has 0 radical (unpaired) electrons. The fourth-order valence-electron chi connectivity index (χ4n) is 2.74. The number of hydrazine groups is 1. The number of amides is 2. The Morgan fingerprint density at radius 3 is 2.43 bits per heavy atom. The van der Waals surface area contributed by atoms with Crippen molar-refractivity contribution in [2.75, 3.05) is 31.1 Å². The van der Waals surface area contributed by atoms with Crippen molar-refractivity contribution in [3.8, 4) is 0 Å². The topological polar surface area (TPSA) is 107 Å². The van der Waals surface area contributed by atoms with Crippen LogP contribution in [-0.4, -0.2) is 72.6 Å². The van der Waals surface area contributed by atoms with Crippen molar-refractivity contribution in [2.45, 2.75) is 31.7 Å². The van der Waals surface area contributed by atoms with E-state index < -0.39 is 34.4 Å². The van der Waals surface area contributed by atoms with Crippen LogP contribution in [0.1, 0.15) is 25.7 Å². The first kappa shape index (κ1) is 16.0. The highest BCUT2D eigenvalue weighted by molar-refractivity contribution is 7.91. The molecule has 2 amide bonds. The van der Waals surface area contributed by atoms with Gasteiger partial charge in [-0.05, 0) is 19.3 Å². The summed E-state index contributed by atoms with van der Waals surface area (Å²) in [7, 11) is -3.17. The number of nitrogens with zero attached hydrogens (tertiary/aromatic N) is 2. The molecule has 1 unspecified atom stereocenters. The SMILES string of the molecule is O=C(O)CN(C(=O)NN1CCCCC1)C1CCS(=O)(=O)C1. The van der Waals surface area contributed by atoms with E-state index in [4.69, 9.17) is 5.11 Å². The van der Waals surface area contributed by atoms with Gasteiger partial charge in [0.05, 0.1) is 11.5 Å². The Morgan fingerprint density at radius 1 is 1.24 bits per heavy atom. The summed E-state index contributed by atoms with van der Waals surface area (Å²) in [6.45, 7) is 0.977. The van der Waals surface area contributed by atoms with Gasteiger partial charge in [0.2, 0.25) is 0 Å². The molecule has 1 atom stereocenters. The highest BCUT2D eigenvalue weighted by atomic mass is 32.2. The summed E-state index contributed by atoms with van der Waals surface area (Å²) >= 11 is 0. The zero-order valence-electron chi connectivity index (χ0n) is 11.8. The zero-order valence-corrected chi connectivity index (χ0v) is 12.6. The number of carboxylic acid groups (broad SMARTS) is 1. The molecule has 0 bridgehead atoms. The predicted molar refractivity (Wildman–Crippen MR) is 75.4 cm³/mol. The van der Waals surface area contributed by atoms with E-state index in [2.05, 4.69) is 5.43 Å².